The lowest BCUT2D eigenvalue weighted by molar-refractivity contribution is 0.384. The van der Waals surface area contributed by atoms with Crippen molar-refractivity contribution in [1.29, 1.82) is 0 Å². The van der Waals surface area contributed by atoms with Gasteiger partial charge in [-0.3, -0.25) is 4.98 Å². The van der Waals surface area contributed by atoms with Crippen molar-refractivity contribution in [2.24, 2.45) is 0 Å². The second kappa shape index (κ2) is 5.96. The van der Waals surface area contributed by atoms with E-state index in [9.17, 15) is 4.39 Å². The van der Waals surface area contributed by atoms with Crippen molar-refractivity contribution in [3.05, 3.63) is 65.6 Å². The largest absolute Gasteiger partial charge is 0.494 e. The van der Waals surface area contributed by atoms with E-state index >= 15 is 0 Å². The second-order valence-corrected chi connectivity index (χ2v) is 6.60. The number of benzene rings is 2. The molecule has 4 nitrogen and oxygen atoms in total. The average Bonchev–Trinajstić information content (AvgIpc) is 2.61. The summed E-state index contributed by atoms with van der Waals surface area (Å²) in [4.78, 5) is 4.50. The minimum atomic E-state index is -0.354. The Morgan fingerprint density at radius 3 is 2.92 bits per heavy atom. The SMILES string of the molecule is COc1ccc(C2c3ccc4cccnc4c3NSN2C)cc1F. The Bertz CT molecular complexity index is 918. The summed E-state index contributed by atoms with van der Waals surface area (Å²) < 4.78 is 24.6. The fourth-order valence-corrected chi connectivity index (χ4v) is 3.89. The van der Waals surface area contributed by atoms with Crippen molar-refractivity contribution in [2.45, 2.75) is 6.04 Å². The fraction of sp³-hybridized carbons (Fsp3) is 0.167. The molecule has 0 spiro atoms. The van der Waals surface area contributed by atoms with Gasteiger partial charge in [-0.2, -0.15) is 0 Å². The molecule has 6 heteroatoms. The number of nitrogens with zero attached hydrogens (tertiary/aromatic N) is 2. The molecular formula is C18H16FN3OS. The zero-order valence-corrected chi connectivity index (χ0v) is 14.1. The van der Waals surface area contributed by atoms with E-state index in [0.29, 0.717) is 0 Å². The van der Waals surface area contributed by atoms with Gasteiger partial charge in [-0.05, 0) is 23.8 Å². The van der Waals surface area contributed by atoms with Crippen LogP contribution in [0.4, 0.5) is 10.1 Å². The van der Waals surface area contributed by atoms with Crippen LogP contribution in [-0.4, -0.2) is 23.4 Å². The van der Waals surface area contributed by atoms with Crippen LogP contribution in [-0.2, 0) is 0 Å². The zero-order valence-electron chi connectivity index (χ0n) is 13.3. The molecule has 0 bridgehead atoms. The standard InChI is InChI=1S/C18H16FN3OS/c1-22-18(12-6-8-15(23-2)14(19)10-12)13-7-5-11-4-3-9-20-16(11)17(13)21-24-22/h3-10,18,21H,1-2H3. The van der Waals surface area contributed by atoms with Gasteiger partial charge in [-0.15, -0.1) is 0 Å². The number of hydrogen-bond acceptors (Lipinski definition) is 5. The summed E-state index contributed by atoms with van der Waals surface area (Å²) in [5, 5.41) is 1.08. The van der Waals surface area contributed by atoms with E-state index in [1.54, 1.807) is 12.3 Å². The molecular weight excluding hydrogens is 325 g/mol. The number of nitrogens with one attached hydrogen (secondary N) is 1. The highest BCUT2D eigenvalue weighted by molar-refractivity contribution is 7.98. The van der Waals surface area contributed by atoms with Crippen molar-refractivity contribution in [2.75, 3.05) is 18.9 Å². The van der Waals surface area contributed by atoms with Crippen LogP contribution < -0.4 is 9.46 Å². The summed E-state index contributed by atoms with van der Waals surface area (Å²) in [6.07, 6.45) is 1.79. The first-order valence-corrected chi connectivity index (χ1v) is 8.33. The third kappa shape index (κ3) is 2.39. The molecule has 1 atom stereocenters. The lowest BCUT2D eigenvalue weighted by Crippen LogP contribution is -2.26. The van der Waals surface area contributed by atoms with Crippen LogP contribution in [0.25, 0.3) is 10.9 Å². The van der Waals surface area contributed by atoms with Crippen molar-refractivity contribution in [1.82, 2.24) is 9.29 Å². The predicted molar refractivity (Wildman–Crippen MR) is 95.5 cm³/mol. The lowest BCUT2D eigenvalue weighted by atomic mass is 9.95. The van der Waals surface area contributed by atoms with Gasteiger partial charge in [0.2, 0.25) is 0 Å². The maximum absolute atomic E-state index is 14.2. The van der Waals surface area contributed by atoms with E-state index < -0.39 is 0 Å². The minimum absolute atomic E-state index is 0.0712. The Hall–Kier alpha value is -2.31. The number of rotatable bonds is 2. The molecule has 2 aromatic carbocycles. The molecule has 1 aliphatic rings. The second-order valence-electron chi connectivity index (χ2n) is 5.64. The van der Waals surface area contributed by atoms with Gasteiger partial charge in [0, 0.05) is 36.3 Å². The summed E-state index contributed by atoms with van der Waals surface area (Å²) >= 11 is 1.48. The summed E-state index contributed by atoms with van der Waals surface area (Å²) in [6, 6.07) is 13.1. The maximum atomic E-state index is 14.2. The number of anilines is 1. The summed E-state index contributed by atoms with van der Waals surface area (Å²) in [5.74, 6) is -0.101. The van der Waals surface area contributed by atoms with E-state index in [1.165, 1.54) is 25.3 Å². The Labute approximate surface area is 143 Å². The molecule has 3 aromatic rings. The normalized spacial score (nSPS) is 17.4. The van der Waals surface area contributed by atoms with Crippen LogP contribution in [0.3, 0.4) is 0 Å². The highest BCUT2D eigenvalue weighted by atomic mass is 32.2. The quantitative estimate of drug-likeness (QED) is 0.700. The first-order valence-electron chi connectivity index (χ1n) is 7.56. The minimum Gasteiger partial charge on any atom is -0.494 e. The zero-order chi connectivity index (χ0) is 16.7. The van der Waals surface area contributed by atoms with Gasteiger partial charge in [0.15, 0.2) is 11.6 Å². The van der Waals surface area contributed by atoms with E-state index in [2.05, 4.69) is 26.1 Å². The molecule has 24 heavy (non-hydrogen) atoms. The van der Waals surface area contributed by atoms with Gasteiger partial charge < -0.3 is 9.46 Å². The Balaban J connectivity index is 1.88. The number of ether oxygens (including phenoxy) is 1. The van der Waals surface area contributed by atoms with Crippen molar-refractivity contribution in [3.8, 4) is 5.75 Å². The van der Waals surface area contributed by atoms with Gasteiger partial charge >= 0.3 is 0 Å². The van der Waals surface area contributed by atoms with Gasteiger partial charge in [0.1, 0.15) is 0 Å². The molecule has 1 aromatic heterocycles. The molecule has 2 heterocycles. The number of halogens is 1. The van der Waals surface area contributed by atoms with Crippen molar-refractivity contribution >= 4 is 28.7 Å². The van der Waals surface area contributed by atoms with Crippen LogP contribution in [0.2, 0.25) is 0 Å². The van der Waals surface area contributed by atoms with Gasteiger partial charge in [0.25, 0.3) is 0 Å². The molecule has 0 saturated heterocycles. The number of hydrogen-bond donors (Lipinski definition) is 1. The first kappa shape index (κ1) is 15.2. The molecule has 0 aliphatic carbocycles. The molecule has 1 unspecified atom stereocenters. The van der Waals surface area contributed by atoms with Crippen LogP contribution >= 0.6 is 12.1 Å². The van der Waals surface area contributed by atoms with Gasteiger partial charge in [-0.1, -0.05) is 24.3 Å². The molecule has 0 saturated carbocycles. The van der Waals surface area contributed by atoms with Crippen LogP contribution in [0.1, 0.15) is 17.2 Å². The van der Waals surface area contributed by atoms with Crippen LogP contribution in [0.5, 0.6) is 5.75 Å². The third-order valence-corrected chi connectivity index (χ3v) is 5.04. The lowest BCUT2D eigenvalue weighted by Gasteiger charge is -2.34. The highest BCUT2D eigenvalue weighted by Crippen LogP contribution is 2.44. The average molecular weight is 341 g/mol. The van der Waals surface area contributed by atoms with Gasteiger partial charge in [0.05, 0.1) is 24.4 Å². The maximum Gasteiger partial charge on any atom is 0.165 e. The monoisotopic (exact) mass is 341 g/mol. The Kier molecular flexibility index (Phi) is 3.78. The summed E-state index contributed by atoms with van der Waals surface area (Å²) in [7, 11) is 3.45. The topological polar surface area (TPSA) is 37.4 Å². The molecule has 0 amide bonds. The number of methoxy groups -OCH3 is 1. The van der Waals surface area contributed by atoms with E-state index in [0.717, 1.165) is 27.7 Å². The van der Waals surface area contributed by atoms with Crippen LogP contribution in [0.15, 0.2) is 48.7 Å². The fourth-order valence-electron chi connectivity index (χ4n) is 3.10. The molecule has 0 radical (unpaired) electrons. The number of pyridine rings is 1. The molecule has 122 valence electrons. The first-order chi connectivity index (χ1) is 11.7. The van der Waals surface area contributed by atoms with Crippen molar-refractivity contribution < 1.29 is 9.13 Å². The summed E-state index contributed by atoms with van der Waals surface area (Å²) in [5.41, 5.74) is 3.86. The predicted octanol–water partition coefficient (Wildman–Crippen LogP) is 4.39. The van der Waals surface area contributed by atoms with E-state index in [4.69, 9.17) is 4.74 Å². The Morgan fingerprint density at radius 2 is 2.12 bits per heavy atom. The molecule has 1 aliphatic heterocycles. The summed E-state index contributed by atoms with van der Waals surface area (Å²) in [6.45, 7) is 0. The van der Waals surface area contributed by atoms with Gasteiger partial charge in [-0.25, -0.2) is 8.70 Å². The highest BCUT2D eigenvalue weighted by Gasteiger charge is 2.29. The number of aromatic nitrogens is 1. The third-order valence-electron chi connectivity index (χ3n) is 4.25. The smallest absolute Gasteiger partial charge is 0.165 e. The van der Waals surface area contributed by atoms with E-state index in [-0.39, 0.29) is 17.6 Å². The Morgan fingerprint density at radius 1 is 1.25 bits per heavy atom. The molecule has 1 N–H and O–H groups in total. The van der Waals surface area contributed by atoms with E-state index in [1.807, 2.05) is 25.2 Å². The number of fused-ring (bicyclic) bond motifs is 3. The molecule has 0 fully saturated rings. The molecule has 4 rings (SSSR count). The van der Waals surface area contributed by atoms with Crippen LogP contribution in [0, 0.1) is 5.82 Å². The van der Waals surface area contributed by atoms with Crippen molar-refractivity contribution in [3.63, 3.8) is 0 Å².